The number of carbonyl (C=O) groups is 1. The minimum atomic E-state index is -2.30. The lowest BCUT2D eigenvalue weighted by molar-refractivity contribution is 0.0954. The maximum atomic E-state index is 13.6. The second kappa shape index (κ2) is 8.55. The molecule has 0 aliphatic carbocycles. The SMILES string of the molecule is COc1cc(C(=O)N/N=C\c2c(F)c(F)c(F)c(F)c2F)cc(OC)c1OC. The zero-order valence-corrected chi connectivity index (χ0v) is 14.7. The van der Waals surface area contributed by atoms with Crippen LogP contribution in [-0.4, -0.2) is 33.5 Å². The summed E-state index contributed by atoms with van der Waals surface area (Å²) in [5.41, 5.74) is 0.560. The zero-order chi connectivity index (χ0) is 21.0. The highest BCUT2D eigenvalue weighted by Gasteiger charge is 2.24. The van der Waals surface area contributed by atoms with E-state index >= 15 is 0 Å². The fourth-order valence-electron chi connectivity index (χ4n) is 2.17. The van der Waals surface area contributed by atoms with Crippen molar-refractivity contribution in [3.63, 3.8) is 0 Å². The van der Waals surface area contributed by atoms with Crippen molar-refractivity contribution in [2.75, 3.05) is 21.3 Å². The molecule has 0 unspecified atom stereocenters. The van der Waals surface area contributed by atoms with Gasteiger partial charge < -0.3 is 14.2 Å². The second-order valence-corrected chi connectivity index (χ2v) is 5.10. The van der Waals surface area contributed by atoms with Crippen molar-refractivity contribution in [1.29, 1.82) is 0 Å². The van der Waals surface area contributed by atoms with Crippen molar-refractivity contribution in [3.8, 4) is 17.2 Å². The van der Waals surface area contributed by atoms with Gasteiger partial charge in [0.15, 0.2) is 34.8 Å². The van der Waals surface area contributed by atoms with Gasteiger partial charge in [0.05, 0.1) is 33.1 Å². The molecule has 1 amide bonds. The third-order valence-corrected chi connectivity index (χ3v) is 3.53. The minimum Gasteiger partial charge on any atom is -0.493 e. The van der Waals surface area contributed by atoms with Crippen molar-refractivity contribution in [2.45, 2.75) is 0 Å². The Bertz CT molecular complexity index is 896. The highest BCUT2D eigenvalue weighted by Crippen LogP contribution is 2.38. The maximum absolute atomic E-state index is 13.6. The van der Waals surface area contributed by atoms with Crippen molar-refractivity contribution < 1.29 is 41.0 Å². The summed E-state index contributed by atoms with van der Waals surface area (Å²) in [6.45, 7) is 0. The molecule has 28 heavy (non-hydrogen) atoms. The molecule has 0 heterocycles. The fourth-order valence-corrected chi connectivity index (χ4v) is 2.17. The Kier molecular flexibility index (Phi) is 6.39. The van der Waals surface area contributed by atoms with Crippen molar-refractivity contribution in [1.82, 2.24) is 5.43 Å². The summed E-state index contributed by atoms with van der Waals surface area (Å²) in [5, 5.41) is 3.23. The molecule has 6 nitrogen and oxygen atoms in total. The molecule has 0 aliphatic heterocycles. The van der Waals surface area contributed by atoms with Crippen LogP contribution in [0.4, 0.5) is 22.0 Å². The van der Waals surface area contributed by atoms with Gasteiger partial charge in [-0.3, -0.25) is 4.79 Å². The number of rotatable bonds is 6. The first-order valence-electron chi connectivity index (χ1n) is 7.41. The molecule has 1 N–H and O–H groups in total. The standard InChI is InChI=1S/C17H13F5N2O4/c1-26-9-4-7(5-10(27-2)16(9)28-3)17(25)24-23-6-8-11(18)13(20)15(22)14(21)12(8)19/h4-6H,1-3H3,(H,24,25)/b23-6-. The van der Waals surface area contributed by atoms with E-state index in [0.29, 0.717) is 6.21 Å². The summed E-state index contributed by atoms with van der Waals surface area (Å²) >= 11 is 0. The van der Waals surface area contributed by atoms with Crippen molar-refractivity contribution in [3.05, 3.63) is 52.3 Å². The molecular weight excluding hydrogens is 391 g/mol. The van der Waals surface area contributed by atoms with E-state index in [1.165, 1.54) is 33.5 Å². The van der Waals surface area contributed by atoms with Crippen LogP contribution < -0.4 is 19.6 Å². The predicted octanol–water partition coefficient (Wildman–Crippen LogP) is 3.17. The molecule has 0 saturated heterocycles. The second-order valence-electron chi connectivity index (χ2n) is 5.10. The van der Waals surface area contributed by atoms with E-state index < -0.39 is 40.6 Å². The van der Waals surface area contributed by atoms with Gasteiger partial charge in [-0.25, -0.2) is 27.4 Å². The van der Waals surface area contributed by atoms with Gasteiger partial charge in [0.25, 0.3) is 5.91 Å². The van der Waals surface area contributed by atoms with Crippen LogP contribution in [0.5, 0.6) is 17.2 Å². The molecule has 150 valence electrons. The van der Waals surface area contributed by atoms with Crippen LogP contribution in [0.25, 0.3) is 0 Å². The first kappa shape index (κ1) is 20.9. The van der Waals surface area contributed by atoms with Crippen LogP contribution in [0, 0.1) is 29.1 Å². The molecule has 0 spiro atoms. The molecule has 0 saturated carbocycles. The summed E-state index contributed by atoms with van der Waals surface area (Å²) < 4.78 is 81.6. The number of methoxy groups -OCH3 is 3. The highest BCUT2D eigenvalue weighted by atomic mass is 19.2. The van der Waals surface area contributed by atoms with E-state index in [9.17, 15) is 26.7 Å². The molecule has 0 bridgehead atoms. The van der Waals surface area contributed by atoms with Crippen LogP contribution in [0.2, 0.25) is 0 Å². The van der Waals surface area contributed by atoms with E-state index in [2.05, 4.69) is 5.10 Å². The average Bonchev–Trinajstić information content (AvgIpc) is 2.71. The number of hydrazone groups is 1. The molecule has 0 atom stereocenters. The van der Waals surface area contributed by atoms with Crippen LogP contribution in [0.1, 0.15) is 15.9 Å². The van der Waals surface area contributed by atoms with Gasteiger partial charge in [-0.2, -0.15) is 5.10 Å². The summed E-state index contributed by atoms with van der Waals surface area (Å²) in [4.78, 5) is 12.2. The molecule has 2 rings (SSSR count). The van der Waals surface area contributed by atoms with Crippen LogP contribution in [0.3, 0.4) is 0 Å². The zero-order valence-electron chi connectivity index (χ0n) is 14.7. The Labute approximate surface area is 155 Å². The monoisotopic (exact) mass is 404 g/mol. The van der Waals surface area contributed by atoms with E-state index in [-0.39, 0.29) is 22.8 Å². The normalized spacial score (nSPS) is 10.9. The molecule has 2 aromatic carbocycles. The van der Waals surface area contributed by atoms with Crippen LogP contribution in [0.15, 0.2) is 17.2 Å². The van der Waals surface area contributed by atoms with E-state index in [0.717, 1.165) is 0 Å². The number of nitrogens with zero attached hydrogens (tertiary/aromatic N) is 1. The smallest absolute Gasteiger partial charge is 0.271 e. The Morgan fingerprint density at radius 1 is 0.857 bits per heavy atom. The van der Waals surface area contributed by atoms with Gasteiger partial charge in [0, 0.05) is 5.56 Å². The molecule has 0 fully saturated rings. The average molecular weight is 404 g/mol. The number of hydrogen-bond acceptors (Lipinski definition) is 5. The molecular formula is C17H13F5N2O4. The van der Waals surface area contributed by atoms with Gasteiger partial charge in [0.2, 0.25) is 11.6 Å². The summed E-state index contributed by atoms with van der Waals surface area (Å²) in [7, 11) is 4.00. The maximum Gasteiger partial charge on any atom is 0.271 e. The first-order valence-corrected chi connectivity index (χ1v) is 7.41. The van der Waals surface area contributed by atoms with Gasteiger partial charge in [-0.05, 0) is 12.1 Å². The lowest BCUT2D eigenvalue weighted by Gasteiger charge is -2.13. The molecule has 11 heteroatoms. The van der Waals surface area contributed by atoms with Gasteiger partial charge in [0.1, 0.15) is 0 Å². The highest BCUT2D eigenvalue weighted by molar-refractivity contribution is 5.96. The number of hydrogen-bond donors (Lipinski definition) is 1. The summed E-state index contributed by atoms with van der Waals surface area (Å²) in [6.07, 6.45) is 0.298. The van der Waals surface area contributed by atoms with Gasteiger partial charge in [-0.15, -0.1) is 0 Å². The van der Waals surface area contributed by atoms with Gasteiger partial charge in [-0.1, -0.05) is 0 Å². The molecule has 0 radical (unpaired) electrons. The first-order chi connectivity index (χ1) is 13.3. The third-order valence-electron chi connectivity index (χ3n) is 3.53. The van der Waals surface area contributed by atoms with Crippen molar-refractivity contribution >= 4 is 12.1 Å². The van der Waals surface area contributed by atoms with Crippen molar-refractivity contribution in [2.24, 2.45) is 5.10 Å². The number of benzene rings is 2. The van der Waals surface area contributed by atoms with E-state index in [1.54, 1.807) is 0 Å². The topological polar surface area (TPSA) is 69.2 Å². The number of ether oxygens (including phenoxy) is 3. The summed E-state index contributed by atoms with van der Waals surface area (Å²) in [6, 6.07) is 2.54. The van der Waals surface area contributed by atoms with E-state index in [1.807, 2.05) is 5.43 Å². The quantitative estimate of drug-likeness (QED) is 0.264. The third kappa shape index (κ3) is 3.82. The molecule has 2 aromatic rings. The number of carbonyl (C=O) groups excluding carboxylic acids is 1. The predicted molar refractivity (Wildman–Crippen MR) is 87.4 cm³/mol. The lowest BCUT2D eigenvalue weighted by Crippen LogP contribution is -2.18. The number of halogens is 5. The van der Waals surface area contributed by atoms with Crippen LogP contribution >= 0.6 is 0 Å². The molecule has 0 aromatic heterocycles. The Morgan fingerprint density at radius 2 is 1.32 bits per heavy atom. The largest absolute Gasteiger partial charge is 0.493 e. The minimum absolute atomic E-state index is 0.0379. The van der Waals surface area contributed by atoms with Gasteiger partial charge >= 0.3 is 0 Å². The number of nitrogens with one attached hydrogen (secondary N) is 1. The molecule has 0 aliphatic rings. The Hall–Kier alpha value is -3.37. The van der Waals surface area contributed by atoms with E-state index in [4.69, 9.17) is 14.2 Å². The van der Waals surface area contributed by atoms with Crippen LogP contribution in [-0.2, 0) is 0 Å². The Balaban J connectivity index is 2.31. The fraction of sp³-hybridized carbons (Fsp3) is 0.176. The Morgan fingerprint density at radius 3 is 1.75 bits per heavy atom. The number of amides is 1. The summed E-state index contributed by atoms with van der Waals surface area (Å²) in [5.74, 6) is -11.1. The lowest BCUT2D eigenvalue weighted by atomic mass is 10.1.